The number of ketones is 1. The van der Waals surface area contributed by atoms with E-state index in [9.17, 15) is 4.79 Å². The van der Waals surface area contributed by atoms with Crippen LogP contribution in [-0.2, 0) is 0 Å². The highest BCUT2D eigenvalue weighted by atomic mass is 32.2. The summed E-state index contributed by atoms with van der Waals surface area (Å²) in [5.74, 6) is 2.87. The van der Waals surface area contributed by atoms with Gasteiger partial charge in [0.1, 0.15) is 5.76 Å². The summed E-state index contributed by atoms with van der Waals surface area (Å²) < 4.78 is 9.45. The maximum absolute atomic E-state index is 13.1. The van der Waals surface area contributed by atoms with Crippen molar-refractivity contribution in [3.8, 4) is 5.82 Å². The van der Waals surface area contributed by atoms with Crippen LogP contribution in [-0.4, -0.2) is 49.1 Å². The zero-order chi connectivity index (χ0) is 21.5. The average Bonchev–Trinajstić information content (AvgIpc) is 3.26. The highest BCUT2D eigenvalue weighted by molar-refractivity contribution is 7.99. The summed E-state index contributed by atoms with van der Waals surface area (Å²) in [5.41, 5.74) is 2.57. The Morgan fingerprint density at radius 2 is 1.90 bits per heavy atom. The molecular formula is C22H28N6O2S. The van der Waals surface area contributed by atoms with Gasteiger partial charge in [0.15, 0.2) is 16.8 Å². The van der Waals surface area contributed by atoms with Gasteiger partial charge in [-0.3, -0.25) is 13.9 Å². The van der Waals surface area contributed by atoms with Gasteiger partial charge in [-0.1, -0.05) is 16.9 Å². The molecule has 1 aliphatic heterocycles. The predicted octanol–water partition coefficient (Wildman–Crippen LogP) is 4.28. The van der Waals surface area contributed by atoms with E-state index in [0.717, 1.165) is 46.9 Å². The molecule has 0 bridgehead atoms. The van der Waals surface area contributed by atoms with Gasteiger partial charge in [-0.25, -0.2) is 0 Å². The molecule has 1 aliphatic carbocycles. The van der Waals surface area contributed by atoms with Crippen molar-refractivity contribution in [3.63, 3.8) is 0 Å². The molecule has 0 amide bonds. The van der Waals surface area contributed by atoms with E-state index in [2.05, 4.69) is 24.8 Å². The first kappa shape index (κ1) is 20.4. The van der Waals surface area contributed by atoms with E-state index in [1.54, 1.807) is 0 Å². The van der Waals surface area contributed by atoms with Crippen molar-refractivity contribution >= 4 is 23.5 Å². The lowest BCUT2D eigenvalue weighted by molar-refractivity contribution is 0.102. The second kappa shape index (κ2) is 8.18. The normalized spacial score (nSPS) is 16.8. The summed E-state index contributed by atoms with van der Waals surface area (Å²) in [4.78, 5) is 15.5. The number of nitrogens with zero attached hydrogens (tertiary/aromatic N) is 6. The minimum absolute atomic E-state index is 0.0921. The Hall–Kier alpha value is -2.55. The molecule has 0 unspecified atom stereocenters. The number of carbonyl (C=O) groups excluding carboxylic acids is 1. The van der Waals surface area contributed by atoms with Crippen LogP contribution in [0.5, 0.6) is 0 Å². The maximum atomic E-state index is 13.1. The van der Waals surface area contributed by atoms with Crippen LogP contribution >= 0.6 is 11.8 Å². The van der Waals surface area contributed by atoms with Crippen LogP contribution in [0.2, 0.25) is 0 Å². The van der Waals surface area contributed by atoms with Gasteiger partial charge in [0.25, 0.3) is 0 Å². The van der Waals surface area contributed by atoms with E-state index in [0.29, 0.717) is 17.6 Å². The van der Waals surface area contributed by atoms with Crippen molar-refractivity contribution in [3.05, 3.63) is 34.8 Å². The molecule has 8 nitrogen and oxygen atoms in total. The molecule has 3 aromatic rings. The Kier molecular flexibility index (Phi) is 5.37. The van der Waals surface area contributed by atoms with Crippen molar-refractivity contribution in [1.29, 1.82) is 0 Å². The lowest BCUT2D eigenvalue weighted by atomic mass is 10.1. The number of hydrogen-bond acceptors (Lipinski definition) is 7. The van der Waals surface area contributed by atoms with E-state index in [4.69, 9.17) is 4.52 Å². The molecule has 2 fully saturated rings. The fraction of sp³-hybridized carbons (Fsp3) is 0.545. The number of aryl methyl sites for hydroxylation is 2. The van der Waals surface area contributed by atoms with E-state index in [1.807, 2.05) is 37.5 Å². The van der Waals surface area contributed by atoms with Crippen LogP contribution in [0.4, 0.5) is 5.95 Å². The van der Waals surface area contributed by atoms with Crippen molar-refractivity contribution < 1.29 is 9.32 Å². The Morgan fingerprint density at radius 1 is 1.13 bits per heavy atom. The molecular weight excluding hydrogens is 412 g/mol. The summed E-state index contributed by atoms with van der Waals surface area (Å²) >= 11 is 1.50. The number of carbonyl (C=O) groups is 1. The van der Waals surface area contributed by atoms with Crippen LogP contribution in [0.25, 0.3) is 5.82 Å². The van der Waals surface area contributed by atoms with Crippen LogP contribution in [0.1, 0.15) is 65.7 Å². The van der Waals surface area contributed by atoms with E-state index in [-0.39, 0.29) is 5.78 Å². The molecule has 5 rings (SSSR count). The quantitative estimate of drug-likeness (QED) is 0.400. The first-order chi connectivity index (χ1) is 15.0. The molecule has 0 aromatic carbocycles. The molecule has 31 heavy (non-hydrogen) atoms. The third-order valence-electron chi connectivity index (χ3n) is 6.11. The van der Waals surface area contributed by atoms with E-state index in [1.165, 1.54) is 43.9 Å². The van der Waals surface area contributed by atoms with Crippen molar-refractivity contribution in [2.45, 2.75) is 64.1 Å². The molecule has 9 heteroatoms. The first-order valence-electron chi connectivity index (χ1n) is 11.0. The van der Waals surface area contributed by atoms with Crippen molar-refractivity contribution in [1.82, 2.24) is 24.5 Å². The van der Waals surface area contributed by atoms with Gasteiger partial charge in [0.05, 0.1) is 5.75 Å². The molecule has 2 aliphatic rings. The number of piperidine rings is 1. The minimum Gasteiger partial charge on any atom is -0.360 e. The van der Waals surface area contributed by atoms with Gasteiger partial charge >= 0.3 is 0 Å². The van der Waals surface area contributed by atoms with Gasteiger partial charge in [-0.05, 0) is 58.9 Å². The van der Waals surface area contributed by atoms with Crippen LogP contribution < -0.4 is 4.90 Å². The second-order valence-corrected chi connectivity index (χ2v) is 9.50. The largest absolute Gasteiger partial charge is 0.360 e. The van der Waals surface area contributed by atoms with E-state index >= 15 is 0 Å². The number of Topliss-reactive ketones (excluding diaryl/α,β-unsaturated/α-hetero) is 1. The molecule has 0 N–H and O–H groups in total. The number of anilines is 1. The highest BCUT2D eigenvalue weighted by Gasteiger charge is 2.32. The SMILES string of the molecule is Cc1cc(-n2c(C)cc(C(=O)CSc3nnc(N4CCCCC4)n3C3CC3)c2C)no1. The van der Waals surface area contributed by atoms with Crippen LogP contribution in [0.15, 0.2) is 21.8 Å². The Morgan fingerprint density at radius 3 is 2.58 bits per heavy atom. The fourth-order valence-corrected chi connectivity index (χ4v) is 5.28. The van der Waals surface area contributed by atoms with Crippen molar-refractivity contribution in [2.75, 3.05) is 23.7 Å². The molecule has 0 radical (unpaired) electrons. The number of thioether (sulfide) groups is 1. The van der Waals surface area contributed by atoms with Crippen LogP contribution in [0, 0.1) is 20.8 Å². The van der Waals surface area contributed by atoms with E-state index < -0.39 is 0 Å². The standard InChI is InChI=1S/C22H28N6O2S/c1-14-11-18(16(3)27(14)20-12-15(2)30-25-20)19(29)13-31-22-24-23-21(28(22)17-7-8-17)26-9-5-4-6-10-26/h11-12,17H,4-10,13H2,1-3H3. The summed E-state index contributed by atoms with van der Waals surface area (Å²) in [5, 5.41) is 13.9. The summed E-state index contributed by atoms with van der Waals surface area (Å²) in [6, 6.07) is 4.29. The number of aromatic nitrogens is 5. The average molecular weight is 441 g/mol. The zero-order valence-electron chi connectivity index (χ0n) is 18.3. The number of rotatable bonds is 7. The molecule has 1 saturated heterocycles. The molecule has 164 valence electrons. The second-order valence-electron chi connectivity index (χ2n) is 8.56. The Labute approximate surface area is 186 Å². The molecule has 0 atom stereocenters. The fourth-order valence-electron chi connectivity index (χ4n) is 4.39. The van der Waals surface area contributed by atoms with Gasteiger partial charge in [-0.2, -0.15) is 0 Å². The van der Waals surface area contributed by atoms with Gasteiger partial charge in [0, 0.05) is 42.1 Å². The molecule has 3 aromatic heterocycles. The smallest absolute Gasteiger partial charge is 0.228 e. The third-order valence-corrected chi connectivity index (χ3v) is 7.05. The Bertz CT molecular complexity index is 1100. The monoisotopic (exact) mass is 440 g/mol. The molecule has 1 saturated carbocycles. The Balaban J connectivity index is 1.34. The topological polar surface area (TPSA) is 82.0 Å². The summed E-state index contributed by atoms with van der Waals surface area (Å²) in [6.45, 7) is 7.89. The highest BCUT2D eigenvalue weighted by Crippen LogP contribution is 2.41. The lowest BCUT2D eigenvalue weighted by Crippen LogP contribution is -2.31. The zero-order valence-corrected chi connectivity index (χ0v) is 19.1. The van der Waals surface area contributed by atoms with Crippen LogP contribution in [0.3, 0.4) is 0 Å². The van der Waals surface area contributed by atoms with Gasteiger partial charge < -0.3 is 9.42 Å². The third kappa shape index (κ3) is 3.91. The molecule has 4 heterocycles. The predicted molar refractivity (Wildman–Crippen MR) is 119 cm³/mol. The number of hydrogen-bond donors (Lipinski definition) is 0. The lowest BCUT2D eigenvalue weighted by Gasteiger charge is -2.27. The maximum Gasteiger partial charge on any atom is 0.228 e. The molecule has 0 spiro atoms. The summed E-state index contributed by atoms with van der Waals surface area (Å²) in [7, 11) is 0. The van der Waals surface area contributed by atoms with Gasteiger partial charge in [-0.15, -0.1) is 10.2 Å². The minimum atomic E-state index is 0.0921. The van der Waals surface area contributed by atoms with Crippen molar-refractivity contribution in [2.24, 2.45) is 0 Å². The van der Waals surface area contributed by atoms with Gasteiger partial charge in [0.2, 0.25) is 5.95 Å². The summed E-state index contributed by atoms with van der Waals surface area (Å²) in [6.07, 6.45) is 6.03. The first-order valence-corrected chi connectivity index (χ1v) is 12.0.